The maximum Gasteiger partial charge on any atom is 0.265 e. The van der Waals surface area contributed by atoms with Crippen LogP contribution in [0.3, 0.4) is 0 Å². The first-order chi connectivity index (χ1) is 15.5. The van der Waals surface area contributed by atoms with Crippen LogP contribution in [0.15, 0.2) is 78.9 Å². The summed E-state index contributed by atoms with van der Waals surface area (Å²) in [6.45, 7) is 1.59. The molecule has 162 valence electrons. The summed E-state index contributed by atoms with van der Waals surface area (Å²) in [7, 11) is 0. The van der Waals surface area contributed by atoms with Crippen molar-refractivity contribution in [1.29, 1.82) is 0 Å². The zero-order valence-electron chi connectivity index (χ0n) is 17.6. The maximum absolute atomic E-state index is 12.9. The van der Waals surface area contributed by atoms with Crippen LogP contribution >= 0.6 is 0 Å². The van der Waals surface area contributed by atoms with Crippen molar-refractivity contribution in [2.75, 3.05) is 23.4 Å². The van der Waals surface area contributed by atoms with Crippen LogP contribution in [0.25, 0.3) is 0 Å². The number of hydrogen-bond acceptors (Lipinski definition) is 4. The van der Waals surface area contributed by atoms with E-state index in [9.17, 15) is 14.4 Å². The molecule has 1 aliphatic rings. The number of ether oxygens (including phenoxy) is 1. The summed E-state index contributed by atoms with van der Waals surface area (Å²) >= 11 is 0. The van der Waals surface area contributed by atoms with Crippen LogP contribution in [0, 0.1) is 0 Å². The minimum atomic E-state index is -0.411. The van der Waals surface area contributed by atoms with Crippen LogP contribution in [0.2, 0.25) is 0 Å². The average molecular weight is 429 g/mol. The third-order valence-corrected chi connectivity index (χ3v) is 5.20. The molecule has 0 aliphatic carbocycles. The largest absolute Gasteiger partial charge is 0.482 e. The lowest BCUT2D eigenvalue weighted by Gasteiger charge is -2.28. The lowest BCUT2D eigenvalue weighted by Crippen LogP contribution is -2.43. The summed E-state index contributed by atoms with van der Waals surface area (Å²) in [5, 5.41) is 5.72. The zero-order chi connectivity index (χ0) is 22.5. The number of benzene rings is 3. The Kier molecular flexibility index (Phi) is 6.17. The highest BCUT2D eigenvalue weighted by atomic mass is 16.5. The lowest BCUT2D eigenvalue weighted by molar-refractivity contribution is -0.123. The van der Waals surface area contributed by atoms with E-state index >= 15 is 0 Å². The second-order valence-electron chi connectivity index (χ2n) is 7.44. The third-order valence-electron chi connectivity index (χ3n) is 5.20. The van der Waals surface area contributed by atoms with Crippen LogP contribution in [-0.2, 0) is 9.59 Å². The molecule has 2 N–H and O–H groups in total. The Labute approximate surface area is 186 Å². The number of nitrogens with zero attached hydrogens (tertiary/aromatic N) is 1. The Morgan fingerprint density at radius 1 is 0.969 bits per heavy atom. The van der Waals surface area contributed by atoms with Crippen molar-refractivity contribution in [3.63, 3.8) is 0 Å². The number of fused-ring (bicyclic) bond motifs is 1. The van der Waals surface area contributed by atoms with Crippen molar-refractivity contribution >= 4 is 29.1 Å². The monoisotopic (exact) mass is 429 g/mol. The Morgan fingerprint density at radius 2 is 1.66 bits per heavy atom. The summed E-state index contributed by atoms with van der Waals surface area (Å²) in [4.78, 5) is 39.4. The number of para-hydroxylation sites is 3. The topological polar surface area (TPSA) is 87.7 Å². The van der Waals surface area contributed by atoms with E-state index in [-0.39, 0.29) is 31.0 Å². The number of amides is 3. The van der Waals surface area contributed by atoms with Crippen LogP contribution in [-0.4, -0.2) is 30.9 Å². The smallest absolute Gasteiger partial charge is 0.265 e. The van der Waals surface area contributed by atoms with Gasteiger partial charge in [-0.3, -0.25) is 19.3 Å². The van der Waals surface area contributed by atoms with E-state index in [4.69, 9.17) is 4.74 Å². The van der Waals surface area contributed by atoms with Gasteiger partial charge in [-0.05, 0) is 36.8 Å². The Hall–Kier alpha value is -4.13. The molecule has 7 nitrogen and oxygen atoms in total. The van der Waals surface area contributed by atoms with Crippen molar-refractivity contribution in [1.82, 2.24) is 5.32 Å². The van der Waals surface area contributed by atoms with Crippen LogP contribution in [0.5, 0.6) is 5.75 Å². The fourth-order valence-electron chi connectivity index (χ4n) is 3.55. The van der Waals surface area contributed by atoms with Crippen molar-refractivity contribution in [3.8, 4) is 5.75 Å². The van der Waals surface area contributed by atoms with Gasteiger partial charge in [0.25, 0.3) is 11.8 Å². The van der Waals surface area contributed by atoms with Crippen molar-refractivity contribution in [2.45, 2.75) is 13.0 Å². The number of hydrogen-bond donors (Lipinski definition) is 2. The van der Waals surface area contributed by atoms with E-state index in [0.29, 0.717) is 22.7 Å². The Morgan fingerprint density at radius 3 is 2.47 bits per heavy atom. The normalized spacial score (nSPS) is 13.5. The lowest BCUT2D eigenvalue weighted by atomic mass is 10.1. The Balaban J connectivity index is 1.47. The summed E-state index contributed by atoms with van der Waals surface area (Å²) in [5.74, 6) is -0.465. The van der Waals surface area contributed by atoms with Gasteiger partial charge in [-0.1, -0.05) is 54.6 Å². The number of rotatable bonds is 6. The Bertz CT molecular complexity index is 1150. The first kappa shape index (κ1) is 21.1. The first-order valence-electron chi connectivity index (χ1n) is 10.3. The highest BCUT2D eigenvalue weighted by molar-refractivity contribution is 6.08. The minimum Gasteiger partial charge on any atom is -0.482 e. The number of anilines is 2. The van der Waals surface area contributed by atoms with Gasteiger partial charge in [-0.2, -0.15) is 0 Å². The van der Waals surface area contributed by atoms with E-state index in [1.165, 1.54) is 4.90 Å². The molecule has 32 heavy (non-hydrogen) atoms. The SMILES string of the molecule is CC(NC(=O)c1ccccc1NC(=O)CN1C(=O)COc2ccccc21)c1ccccc1. The molecule has 3 amide bonds. The fourth-order valence-corrected chi connectivity index (χ4v) is 3.55. The molecule has 3 aromatic carbocycles. The van der Waals surface area contributed by atoms with Gasteiger partial charge in [0, 0.05) is 0 Å². The molecule has 0 bridgehead atoms. The van der Waals surface area contributed by atoms with Gasteiger partial charge in [0.1, 0.15) is 12.3 Å². The molecule has 7 heteroatoms. The third kappa shape index (κ3) is 4.62. The second kappa shape index (κ2) is 9.34. The van der Waals surface area contributed by atoms with Gasteiger partial charge in [0.15, 0.2) is 6.61 Å². The van der Waals surface area contributed by atoms with Gasteiger partial charge in [-0.15, -0.1) is 0 Å². The molecule has 0 saturated heterocycles. The molecule has 0 spiro atoms. The summed E-state index contributed by atoms with van der Waals surface area (Å²) in [5.41, 5.74) is 2.25. The number of carbonyl (C=O) groups excluding carboxylic acids is 3. The quantitative estimate of drug-likeness (QED) is 0.627. The summed E-state index contributed by atoms with van der Waals surface area (Å²) in [6.07, 6.45) is 0. The molecular formula is C25H23N3O4. The van der Waals surface area contributed by atoms with E-state index in [0.717, 1.165) is 5.56 Å². The highest BCUT2D eigenvalue weighted by Gasteiger charge is 2.27. The summed E-state index contributed by atoms with van der Waals surface area (Å²) < 4.78 is 5.41. The predicted molar refractivity (Wildman–Crippen MR) is 122 cm³/mol. The van der Waals surface area contributed by atoms with Gasteiger partial charge in [0.2, 0.25) is 5.91 Å². The van der Waals surface area contributed by atoms with Gasteiger partial charge < -0.3 is 15.4 Å². The molecule has 1 atom stereocenters. The van der Waals surface area contributed by atoms with Gasteiger partial charge >= 0.3 is 0 Å². The van der Waals surface area contributed by atoms with Crippen LogP contribution in [0.4, 0.5) is 11.4 Å². The minimum absolute atomic E-state index is 0.124. The molecule has 0 fully saturated rings. The van der Waals surface area contributed by atoms with E-state index in [2.05, 4.69) is 10.6 Å². The average Bonchev–Trinajstić information content (AvgIpc) is 2.82. The van der Waals surface area contributed by atoms with Gasteiger partial charge in [-0.25, -0.2) is 0 Å². The molecule has 4 rings (SSSR count). The molecule has 0 saturated carbocycles. The standard InChI is InChI=1S/C25H23N3O4/c1-17(18-9-3-2-4-10-18)26-25(31)19-11-5-6-12-20(19)27-23(29)15-28-21-13-7-8-14-22(21)32-16-24(28)30/h2-14,17H,15-16H2,1H3,(H,26,31)(H,27,29). The fraction of sp³-hybridized carbons (Fsp3) is 0.160. The highest BCUT2D eigenvalue weighted by Crippen LogP contribution is 2.31. The van der Waals surface area contributed by atoms with Crippen molar-refractivity contribution < 1.29 is 19.1 Å². The van der Waals surface area contributed by atoms with E-state index < -0.39 is 5.91 Å². The predicted octanol–water partition coefficient (Wildman–Crippen LogP) is 3.54. The first-order valence-corrected chi connectivity index (χ1v) is 10.3. The molecule has 1 unspecified atom stereocenters. The maximum atomic E-state index is 12.9. The molecule has 0 aromatic heterocycles. The van der Waals surface area contributed by atoms with Crippen LogP contribution in [0.1, 0.15) is 28.9 Å². The van der Waals surface area contributed by atoms with Crippen molar-refractivity contribution in [2.24, 2.45) is 0 Å². The van der Waals surface area contributed by atoms with E-state index in [1.54, 1.807) is 48.5 Å². The number of nitrogens with one attached hydrogen (secondary N) is 2. The van der Waals surface area contributed by atoms with Crippen LogP contribution < -0.4 is 20.3 Å². The molecule has 1 heterocycles. The summed E-state index contributed by atoms with van der Waals surface area (Å²) in [6, 6.07) is 23.3. The van der Waals surface area contributed by atoms with Gasteiger partial charge in [0.05, 0.1) is 23.0 Å². The molecule has 1 aliphatic heterocycles. The second-order valence-corrected chi connectivity index (χ2v) is 7.44. The van der Waals surface area contributed by atoms with E-state index in [1.807, 2.05) is 37.3 Å². The molecule has 0 radical (unpaired) electrons. The van der Waals surface area contributed by atoms with Crippen molar-refractivity contribution in [3.05, 3.63) is 90.0 Å². The molecular weight excluding hydrogens is 406 g/mol. The number of carbonyl (C=O) groups is 3. The molecule has 3 aromatic rings. The zero-order valence-corrected chi connectivity index (χ0v) is 17.6.